The van der Waals surface area contributed by atoms with E-state index in [1.165, 1.54) is 5.92 Å². The van der Waals surface area contributed by atoms with E-state index in [1.807, 2.05) is 20.9 Å². The third kappa shape index (κ3) is 3.58. The van der Waals surface area contributed by atoms with Gasteiger partial charge in [0.2, 0.25) is 0 Å². The Labute approximate surface area is 100 Å². The first-order valence-electron chi connectivity index (χ1n) is 4.60. The Morgan fingerprint density at radius 3 is 1.71 bits per heavy atom. The molecule has 0 aromatic heterocycles. The zero-order valence-electron chi connectivity index (χ0n) is 10.3. The van der Waals surface area contributed by atoms with Crippen molar-refractivity contribution in [1.82, 2.24) is 4.90 Å². The van der Waals surface area contributed by atoms with Crippen molar-refractivity contribution in [2.45, 2.75) is 47.1 Å². The molecule has 81 valence electrons. The smallest absolute Gasteiger partial charge is 0.394 e. The van der Waals surface area contributed by atoms with Crippen LogP contribution in [0.4, 0.5) is 0 Å². The van der Waals surface area contributed by atoms with E-state index >= 15 is 0 Å². The van der Waals surface area contributed by atoms with Crippen LogP contribution in [0.25, 0.3) is 0 Å². The van der Waals surface area contributed by atoms with Crippen LogP contribution in [0.2, 0.25) is 0 Å². The molecule has 0 aromatic rings. The van der Waals surface area contributed by atoms with E-state index in [-0.39, 0.29) is 30.0 Å². The first kappa shape index (κ1) is 16.4. The van der Waals surface area contributed by atoms with Gasteiger partial charge in [0.1, 0.15) is 0 Å². The number of carbonyl (C=O) groups is 1. The van der Waals surface area contributed by atoms with E-state index in [4.69, 9.17) is 0 Å². The second kappa shape index (κ2) is 5.72. The Morgan fingerprint density at radius 2 is 1.50 bits per heavy atom. The first-order valence-corrected chi connectivity index (χ1v) is 4.60. The molecule has 0 spiro atoms. The predicted octanol–water partition coefficient (Wildman–Crippen LogP) is 2.45. The molecule has 1 radical (unpaired) electrons. The Hall–Kier alpha value is -0.0756. The Balaban J connectivity index is 0. The average Bonchev–Trinajstić information content (AvgIpc) is 2.01. The van der Waals surface area contributed by atoms with E-state index in [2.05, 4.69) is 27.7 Å². The summed E-state index contributed by atoms with van der Waals surface area (Å²) in [5.41, 5.74) is -0.158. The summed E-state index contributed by atoms with van der Waals surface area (Å²) in [6.07, 6.45) is 0. The van der Waals surface area contributed by atoms with Gasteiger partial charge in [0.05, 0.1) is 5.91 Å². The summed E-state index contributed by atoms with van der Waals surface area (Å²) in [5.74, 6) is 2.19. The van der Waals surface area contributed by atoms with Gasteiger partial charge in [0.25, 0.3) is 0 Å². The quantitative estimate of drug-likeness (QED) is 0.687. The molecule has 0 bridgehead atoms. The Bertz CT molecular complexity index is 188. The fraction of sp³-hybridized carbons (Fsp3) is 0.727. The van der Waals surface area contributed by atoms with Crippen LogP contribution in [0.15, 0.2) is 0 Å². The topological polar surface area (TPSA) is 20.3 Å². The summed E-state index contributed by atoms with van der Waals surface area (Å²) in [7, 11) is 1.85. The predicted molar refractivity (Wildman–Crippen MR) is 56.0 cm³/mol. The molecule has 0 fully saturated rings. The van der Waals surface area contributed by atoms with Gasteiger partial charge >= 0.3 is 18.6 Å². The molecule has 0 aliphatic rings. The molecule has 0 rings (SSSR count). The van der Waals surface area contributed by atoms with Gasteiger partial charge in [0.15, 0.2) is 0 Å². The van der Waals surface area contributed by atoms with Crippen LogP contribution in [-0.4, -0.2) is 23.4 Å². The van der Waals surface area contributed by atoms with Gasteiger partial charge in [0, 0.05) is 7.05 Å². The fourth-order valence-corrected chi connectivity index (χ4v) is 0.925. The second-order valence-electron chi connectivity index (χ2n) is 4.42. The van der Waals surface area contributed by atoms with E-state index in [0.717, 1.165) is 5.92 Å². The van der Waals surface area contributed by atoms with Gasteiger partial charge in [-0.2, -0.15) is 27.7 Å². The molecule has 0 aliphatic heterocycles. The maximum Gasteiger partial charge on any atom is 2.00 e. The van der Waals surface area contributed by atoms with Gasteiger partial charge in [-0.15, -0.1) is 0 Å². The van der Waals surface area contributed by atoms with Gasteiger partial charge in [-0.1, -0.05) is 19.4 Å². The summed E-state index contributed by atoms with van der Waals surface area (Å²) in [6, 6.07) is 0. The summed E-state index contributed by atoms with van der Waals surface area (Å²) in [6.45, 7) is 11.9. The Morgan fingerprint density at radius 1 is 1.14 bits per heavy atom. The average molecular weight is 234 g/mol. The molecule has 14 heavy (non-hydrogen) atoms. The van der Waals surface area contributed by atoms with Crippen molar-refractivity contribution >= 4 is 5.91 Å². The minimum absolute atomic E-state index is 0. The van der Waals surface area contributed by atoms with Gasteiger partial charge in [-0.05, 0) is 0 Å². The molecule has 0 unspecified atom stereocenters. The molecular weight excluding hydrogens is 213 g/mol. The fourth-order valence-electron chi connectivity index (χ4n) is 0.925. The van der Waals surface area contributed by atoms with Crippen LogP contribution in [0, 0.1) is 11.8 Å². The number of rotatable bonds is 3. The molecule has 0 saturated heterocycles. The van der Waals surface area contributed by atoms with Gasteiger partial charge in [-0.25, -0.2) is 0 Å². The van der Waals surface area contributed by atoms with Crippen LogP contribution in [0.3, 0.4) is 0 Å². The zero-order chi connectivity index (χ0) is 10.8. The molecule has 0 heterocycles. The number of carbonyl (C=O) groups excluding carboxylic acids is 1. The molecule has 0 saturated carbocycles. The molecule has 0 atom stereocenters. The van der Waals surface area contributed by atoms with Crippen LogP contribution >= 0.6 is 0 Å². The molecule has 3 heteroatoms. The first-order chi connectivity index (χ1) is 5.71. The zero-order valence-corrected chi connectivity index (χ0v) is 11.7. The molecule has 1 amide bonds. The van der Waals surface area contributed by atoms with Crippen molar-refractivity contribution in [3.8, 4) is 0 Å². The third-order valence-corrected chi connectivity index (χ3v) is 2.79. The maximum absolute atomic E-state index is 11.7. The maximum atomic E-state index is 11.7. The molecular formula is C11H21NOV. The van der Waals surface area contributed by atoms with E-state index in [0.29, 0.717) is 0 Å². The van der Waals surface area contributed by atoms with Crippen LogP contribution in [0.5, 0.6) is 0 Å². The Kier molecular flexibility index (Phi) is 6.68. The van der Waals surface area contributed by atoms with Gasteiger partial charge in [-0.3, -0.25) is 11.8 Å². The van der Waals surface area contributed by atoms with Crippen molar-refractivity contribution in [3.63, 3.8) is 0 Å². The van der Waals surface area contributed by atoms with Crippen molar-refractivity contribution < 1.29 is 23.4 Å². The van der Waals surface area contributed by atoms with Crippen LogP contribution in [-0.2, 0) is 23.4 Å². The number of hydrogen-bond acceptors (Lipinski definition) is 1. The van der Waals surface area contributed by atoms with Crippen molar-refractivity contribution in [2.24, 2.45) is 0 Å². The monoisotopic (exact) mass is 234 g/mol. The van der Waals surface area contributed by atoms with Crippen molar-refractivity contribution in [3.05, 3.63) is 11.8 Å². The second-order valence-corrected chi connectivity index (χ2v) is 4.42. The number of amides is 1. The summed E-state index contributed by atoms with van der Waals surface area (Å²) >= 11 is 0. The standard InChI is InChI=1S/C11H21NO.V/c1-8(2)10(13)12(7)11(5,6)9(3)4;/h1-7H3;/q-2;+2. The summed E-state index contributed by atoms with van der Waals surface area (Å²) < 4.78 is 0. The van der Waals surface area contributed by atoms with Crippen molar-refractivity contribution in [1.29, 1.82) is 0 Å². The minimum atomic E-state index is -0.158. The van der Waals surface area contributed by atoms with Crippen LogP contribution < -0.4 is 0 Å². The molecule has 2 nitrogen and oxygen atoms in total. The molecule has 0 aliphatic carbocycles. The van der Waals surface area contributed by atoms with E-state index in [1.54, 1.807) is 4.90 Å². The summed E-state index contributed by atoms with van der Waals surface area (Å²) in [4.78, 5) is 13.5. The largest absolute Gasteiger partial charge is 2.00 e. The van der Waals surface area contributed by atoms with Gasteiger partial charge < -0.3 is 9.69 Å². The number of hydrogen-bond donors (Lipinski definition) is 0. The summed E-state index contributed by atoms with van der Waals surface area (Å²) in [5, 5.41) is 0. The van der Waals surface area contributed by atoms with E-state index < -0.39 is 0 Å². The van der Waals surface area contributed by atoms with E-state index in [9.17, 15) is 4.79 Å². The minimum Gasteiger partial charge on any atom is -0.394 e. The van der Waals surface area contributed by atoms with Crippen LogP contribution in [0.1, 0.15) is 41.5 Å². The third-order valence-electron chi connectivity index (χ3n) is 2.79. The molecule has 0 N–H and O–H groups in total. The number of nitrogens with zero attached hydrogens (tertiary/aromatic N) is 1. The normalized spacial score (nSPS) is 10.9. The van der Waals surface area contributed by atoms with Crippen molar-refractivity contribution in [2.75, 3.05) is 7.05 Å². The SMILES string of the molecule is C[C-](C)C(=O)N(C)C(C)(C)[C-](C)C.[V+2]. The molecule has 0 aromatic carbocycles.